The Kier molecular flexibility index (Phi) is 4.57. The quantitative estimate of drug-likeness (QED) is 0.260. The molecule has 4 aromatic rings. The molecular weight excluding hydrogens is 494 g/mol. The van der Waals surface area contributed by atoms with Crippen molar-refractivity contribution in [1.29, 1.82) is 0 Å². The first-order valence-corrected chi connectivity index (χ1v) is 12.3. The third-order valence-electron chi connectivity index (χ3n) is 7.77. The highest BCUT2D eigenvalue weighted by atomic mass is 16.6. The van der Waals surface area contributed by atoms with Crippen LogP contribution in [0.3, 0.4) is 0 Å². The molecule has 7 rings (SSSR count). The Morgan fingerprint density at radius 3 is 2.18 bits per heavy atom. The van der Waals surface area contributed by atoms with Gasteiger partial charge in [0, 0.05) is 47.0 Å². The highest BCUT2D eigenvalue weighted by Crippen LogP contribution is 2.51. The molecule has 8 heteroatoms. The number of rotatable bonds is 2. The van der Waals surface area contributed by atoms with Gasteiger partial charge < -0.3 is 10.2 Å². The molecule has 188 valence electrons. The lowest BCUT2D eigenvalue weighted by atomic mass is 9.76. The van der Waals surface area contributed by atoms with Gasteiger partial charge in [0.25, 0.3) is 11.6 Å². The van der Waals surface area contributed by atoms with Crippen LogP contribution >= 0.6 is 0 Å². The molecule has 2 heterocycles. The second kappa shape index (κ2) is 7.82. The molecule has 1 aliphatic carbocycles. The molecule has 1 amide bonds. The number of likely N-dealkylation sites (N-methyl/N-ethyl adjacent to an activating group) is 1. The van der Waals surface area contributed by atoms with E-state index < -0.39 is 10.5 Å². The monoisotopic (exact) mass is 513 g/mol. The second-order valence-corrected chi connectivity index (χ2v) is 9.79. The minimum absolute atomic E-state index is 0.159. The Morgan fingerprint density at radius 1 is 0.795 bits per heavy atom. The number of amides is 1. The van der Waals surface area contributed by atoms with E-state index in [0.717, 1.165) is 5.56 Å². The molecule has 1 atom stereocenters. The van der Waals surface area contributed by atoms with Gasteiger partial charge in [-0.3, -0.25) is 24.5 Å². The Labute approximate surface area is 222 Å². The highest BCUT2D eigenvalue weighted by molar-refractivity contribution is 6.31. The fourth-order valence-electron chi connectivity index (χ4n) is 5.92. The molecule has 0 bridgehead atoms. The van der Waals surface area contributed by atoms with Crippen LogP contribution in [0.2, 0.25) is 0 Å². The second-order valence-electron chi connectivity index (χ2n) is 9.79. The number of carbonyl (C=O) groups is 3. The van der Waals surface area contributed by atoms with Crippen molar-refractivity contribution in [2.75, 3.05) is 17.3 Å². The van der Waals surface area contributed by atoms with Gasteiger partial charge in [-0.25, -0.2) is 0 Å². The molecule has 2 aliphatic heterocycles. The van der Waals surface area contributed by atoms with Crippen LogP contribution < -0.4 is 10.2 Å². The maximum atomic E-state index is 14.0. The molecule has 0 radical (unpaired) electrons. The molecule has 39 heavy (non-hydrogen) atoms. The van der Waals surface area contributed by atoms with Gasteiger partial charge in [-0.15, -0.1) is 0 Å². The maximum Gasteiger partial charge on any atom is 0.269 e. The van der Waals surface area contributed by atoms with Crippen LogP contribution in [-0.2, 0) is 10.3 Å². The summed E-state index contributed by atoms with van der Waals surface area (Å²) in [6.45, 7) is 0. The number of hydrogen-bond donors (Lipinski definition) is 1. The smallest absolute Gasteiger partial charge is 0.269 e. The van der Waals surface area contributed by atoms with Crippen molar-refractivity contribution in [2.45, 2.75) is 5.54 Å². The third-order valence-corrected chi connectivity index (χ3v) is 7.77. The first-order chi connectivity index (χ1) is 18.8. The summed E-state index contributed by atoms with van der Waals surface area (Å²) < 4.78 is 0. The predicted molar refractivity (Wildman–Crippen MR) is 145 cm³/mol. The molecule has 8 nitrogen and oxygen atoms in total. The van der Waals surface area contributed by atoms with Crippen LogP contribution in [0, 0.1) is 10.1 Å². The lowest BCUT2D eigenvalue weighted by molar-refractivity contribution is -0.384. The molecule has 1 unspecified atom stereocenters. The minimum atomic E-state index is -1.54. The molecular formula is C31H19N3O5. The lowest BCUT2D eigenvalue weighted by Gasteiger charge is -2.36. The largest absolute Gasteiger partial charge is 0.363 e. The van der Waals surface area contributed by atoms with Crippen LogP contribution in [0.5, 0.6) is 0 Å². The van der Waals surface area contributed by atoms with E-state index in [4.69, 9.17) is 0 Å². The summed E-state index contributed by atoms with van der Waals surface area (Å²) in [5, 5.41) is 15.0. The maximum absolute atomic E-state index is 14.0. The van der Waals surface area contributed by atoms with Crippen molar-refractivity contribution in [2.24, 2.45) is 0 Å². The Balaban J connectivity index is 1.55. The number of non-ortho nitro benzene ring substituents is 1. The number of ketones is 2. The first-order valence-electron chi connectivity index (χ1n) is 12.3. The molecule has 1 N–H and O–H groups in total. The van der Waals surface area contributed by atoms with E-state index in [2.05, 4.69) is 5.32 Å². The topological polar surface area (TPSA) is 110 Å². The van der Waals surface area contributed by atoms with Gasteiger partial charge in [-0.1, -0.05) is 60.7 Å². The summed E-state index contributed by atoms with van der Waals surface area (Å²) in [6, 6.07) is 23.8. The fourth-order valence-corrected chi connectivity index (χ4v) is 5.92. The molecule has 0 saturated heterocycles. The third kappa shape index (κ3) is 2.96. The standard InChI is InChI=1S/C31H19N3O5/c1-33-25-14-11-18(34(38)39)15-24(25)31(30(33)37)16-23(17-7-3-2-4-8-17)19-12-13-22-26(27(19)32-31)29(36)21-10-6-5-9-20(21)28(22)35/h2-16,32H,1H3. The van der Waals surface area contributed by atoms with E-state index in [9.17, 15) is 24.5 Å². The number of anilines is 2. The zero-order chi connectivity index (χ0) is 27.1. The lowest BCUT2D eigenvalue weighted by Crippen LogP contribution is -2.46. The number of hydrogen-bond acceptors (Lipinski definition) is 6. The van der Waals surface area contributed by atoms with Gasteiger partial charge in [0.05, 0.1) is 21.9 Å². The normalized spacial score (nSPS) is 18.6. The zero-order valence-electron chi connectivity index (χ0n) is 20.6. The first kappa shape index (κ1) is 22.8. The van der Waals surface area contributed by atoms with Crippen molar-refractivity contribution < 1.29 is 19.3 Å². The minimum Gasteiger partial charge on any atom is -0.363 e. The van der Waals surface area contributed by atoms with Gasteiger partial charge in [0.1, 0.15) is 0 Å². The van der Waals surface area contributed by atoms with Crippen molar-refractivity contribution in [3.05, 3.63) is 140 Å². The SMILES string of the molecule is CN1C(=O)C2(C=C(c3ccccc3)c3ccc4c(c3N2)C(=O)c2ccccc2C4=O)c2cc([N+](=O)[O-])ccc21. The number of nitrogens with zero attached hydrogens (tertiary/aromatic N) is 2. The number of nitrogens with one attached hydrogen (secondary N) is 1. The van der Waals surface area contributed by atoms with E-state index in [1.165, 1.54) is 17.0 Å². The van der Waals surface area contributed by atoms with Crippen LogP contribution in [0.1, 0.15) is 48.5 Å². The Hall–Kier alpha value is -5.37. The highest BCUT2D eigenvalue weighted by Gasteiger charge is 2.52. The molecule has 3 aliphatic rings. The molecule has 0 aromatic heterocycles. The summed E-state index contributed by atoms with van der Waals surface area (Å²) in [7, 11) is 1.61. The van der Waals surface area contributed by atoms with Crippen molar-refractivity contribution in [1.82, 2.24) is 0 Å². The van der Waals surface area contributed by atoms with Crippen LogP contribution in [0.4, 0.5) is 17.1 Å². The van der Waals surface area contributed by atoms with Crippen LogP contribution in [0.25, 0.3) is 5.57 Å². The van der Waals surface area contributed by atoms with Gasteiger partial charge in [0.15, 0.2) is 17.1 Å². The van der Waals surface area contributed by atoms with E-state index in [0.29, 0.717) is 39.2 Å². The van der Waals surface area contributed by atoms with Crippen molar-refractivity contribution in [3.8, 4) is 0 Å². The summed E-state index contributed by atoms with van der Waals surface area (Å²) in [5.74, 6) is -0.961. The van der Waals surface area contributed by atoms with Gasteiger partial charge in [-0.05, 0) is 29.3 Å². The summed E-state index contributed by atoms with van der Waals surface area (Å²) >= 11 is 0. The number of carbonyl (C=O) groups excluding carboxylic acids is 3. The van der Waals surface area contributed by atoms with Gasteiger partial charge in [-0.2, -0.15) is 0 Å². The van der Waals surface area contributed by atoms with Crippen molar-refractivity contribution in [3.63, 3.8) is 0 Å². The fraction of sp³-hybridized carbons (Fsp3) is 0.0645. The Morgan fingerprint density at radius 2 is 1.46 bits per heavy atom. The van der Waals surface area contributed by atoms with Crippen LogP contribution in [0.15, 0.2) is 91.0 Å². The number of nitro benzene ring substituents is 1. The summed E-state index contributed by atoms with van der Waals surface area (Å²) in [5.41, 5.74) is 2.74. The average molecular weight is 514 g/mol. The van der Waals surface area contributed by atoms with Gasteiger partial charge in [0.2, 0.25) is 0 Å². The van der Waals surface area contributed by atoms with E-state index >= 15 is 0 Å². The van der Waals surface area contributed by atoms with Crippen LogP contribution in [-0.4, -0.2) is 29.4 Å². The number of fused-ring (bicyclic) bond motifs is 6. The molecule has 0 saturated carbocycles. The summed E-state index contributed by atoms with van der Waals surface area (Å²) in [4.78, 5) is 54.1. The van der Waals surface area contributed by atoms with E-state index in [1.807, 2.05) is 30.3 Å². The summed E-state index contributed by atoms with van der Waals surface area (Å²) in [6.07, 6.45) is 1.77. The Bertz CT molecular complexity index is 1840. The van der Waals surface area contributed by atoms with E-state index in [-0.39, 0.29) is 34.3 Å². The van der Waals surface area contributed by atoms with Crippen molar-refractivity contribution >= 4 is 40.1 Å². The zero-order valence-corrected chi connectivity index (χ0v) is 20.6. The number of benzene rings is 4. The predicted octanol–water partition coefficient (Wildman–Crippen LogP) is 5.10. The molecule has 1 spiro atoms. The number of nitro groups is 1. The van der Waals surface area contributed by atoms with E-state index in [1.54, 1.807) is 55.6 Å². The van der Waals surface area contributed by atoms with Gasteiger partial charge >= 0.3 is 0 Å². The average Bonchev–Trinajstić information content (AvgIpc) is 3.16. The molecule has 0 fully saturated rings. The molecule has 4 aromatic carbocycles.